The normalized spacial score (nSPS) is 10.2. The Morgan fingerprint density at radius 3 is 2.56 bits per heavy atom. The van der Waals surface area contributed by atoms with Gasteiger partial charge in [-0.15, -0.1) is 0 Å². The molecule has 0 aliphatic heterocycles. The van der Waals surface area contributed by atoms with Crippen molar-refractivity contribution in [3.63, 3.8) is 0 Å². The second-order valence-electron chi connectivity index (χ2n) is 3.35. The third kappa shape index (κ3) is 3.15. The molecule has 5 nitrogen and oxygen atoms in total. The van der Waals surface area contributed by atoms with Crippen molar-refractivity contribution in [2.24, 2.45) is 5.73 Å². The van der Waals surface area contributed by atoms with Crippen molar-refractivity contribution >= 4 is 5.97 Å². The van der Waals surface area contributed by atoms with Gasteiger partial charge in [-0.1, -0.05) is 12.1 Å². The van der Waals surface area contributed by atoms with Crippen molar-refractivity contribution in [3.05, 3.63) is 28.8 Å². The first-order chi connectivity index (χ1) is 8.49. The number of hydrogen-bond acceptors (Lipinski definition) is 4. The fraction of sp³-hybridized carbons (Fsp3) is 0.273. The summed E-state index contributed by atoms with van der Waals surface area (Å²) >= 11 is 0. The van der Waals surface area contributed by atoms with Crippen molar-refractivity contribution in [2.75, 3.05) is 0 Å². The van der Waals surface area contributed by atoms with Gasteiger partial charge >= 0.3 is 12.6 Å². The SMILES string of the molecule is N#Cc1c(CC(=O)O)ccc(CN)c1OC(F)F. The van der Waals surface area contributed by atoms with Crippen molar-refractivity contribution in [1.29, 1.82) is 5.26 Å². The van der Waals surface area contributed by atoms with E-state index in [0.717, 1.165) is 0 Å². The number of aliphatic carboxylic acids is 1. The van der Waals surface area contributed by atoms with Crippen LogP contribution in [0.15, 0.2) is 12.1 Å². The van der Waals surface area contributed by atoms with Crippen LogP contribution in [0.4, 0.5) is 8.78 Å². The molecular formula is C11H10F2N2O3. The van der Waals surface area contributed by atoms with E-state index in [9.17, 15) is 13.6 Å². The van der Waals surface area contributed by atoms with Gasteiger partial charge in [-0.05, 0) is 5.56 Å². The molecular weight excluding hydrogens is 246 g/mol. The number of carboxylic acids is 1. The third-order valence-corrected chi connectivity index (χ3v) is 2.21. The van der Waals surface area contributed by atoms with Crippen molar-refractivity contribution in [1.82, 2.24) is 0 Å². The van der Waals surface area contributed by atoms with Gasteiger partial charge in [-0.3, -0.25) is 4.79 Å². The highest BCUT2D eigenvalue weighted by molar-refractivity contribution is 5.72. The van der Waals surface area contributed by atoms with Gasteiger partial charge in [0.2, 0.25) is 0 Å². The second-order valence-corrected chi connectivity index (χ2v) is 3.35. The summed E-state index contributed by atoms with van der Waals surface area (Å²) in [6, 6.07) is 4.41. The van der Waals surface area contributed by atoms with Crippen LogP contribution in [-0.2, 0) is 17.8 Å². The summed E-state index contributed by atoms with van der Waals surface area (Å²) in [4.78, 5) is 10.6. The van der Waals surface area contributed by atoms with Crippen molar-refractivity contribution in [2.45, 2.75) is 19.6 Å². The number of halogens is 2. The second kappa shape index (κ2) is 5.93. The molecule has 0 spiro atoms. The lowest BCUT2D eigenvalue weighted by Crippen LogP contribution is -2.11. The number of ether oxygens (including phenoxy) is 1. The number of nitriles is 1. The number of nitrogens with zero attached hydrogens (tertiary/aromatic N) is 1. The lowest BCUT2D eigenvalue weighted by Gasteiger charge is -2.13. The van der Waals surface area contributed by atoms with Crippen LogP contribution in [0.25, 0.3) is 0 Å². The summed E-state index contributed by atoms with van der Waals surface area (Å²) in [5.41, 5.74) is 5.46. The summed E-state index contributed by atoms with van der Waals surface area (Å²) in [7, 11) is 0. The Labute approximate surface area is 101 Å². The Balaban J connectivity index is 3.33. The quantitative estimate of drug-likeness (QED) is 0.826. The zero-order valence-corrected chi connectivity index (χ0v) is 9.19. The number of rotatable bonds is 5. The molecule has 1 aromatic carbocycles. The van der Waals surface area contributed by atoms with Crippen LogP contribution in [-0.4, -0.2) is 17.7 Å². The molecule has 0 saturated heterocycles. The first-order valence-corrected chi connectivity index (χ1v) is 4.91. The Morgan fingerprint density at radius 2 is 2.11 bits per heavy atom. The Hall–Kier alpha value is -2.20. The molecule has 0 atom stereocenters. The van der Waals surface area contributed by atoms with E-state index in [2.05, 4.69) is 4.74 Å². The molecule has 0 amide bonds. The number of carboxylic acid groups (broad SMARTS) is 1. The van der Waals surface area contributed by atoms with Crippen LogP contribution in [0.5, 0.6) is 5.75 Å². The number of carbonyl (C=O) groups is 1. The average molecular weight is 256 g/mol. The summed E-state index contributed by atoms with van der Waals surface area (Å²) in [5.74, 6) is -1.52. The van der Waals surface area contributed by atoms with Crippen LogP contribution in [0.2, 0.25) is 0 Å². The fourth-order valence-electron chi connectivity index (χ4n) is 1.48. The lowest BCUT2D eigenvalue weighted by molar-refractivity contribution is -0.136. The Kier molecular flexibility index (Phi) is 4.57. The predicted molar refractivity (Wildman–Crippen MR) is 57.0 cm³/mol. The smallest absolute Gasteiger partial charge is 0.387 e. The maximum Gasteiger partial charge on any atom is 0.387 e. The van der Waals surface area contributed by atoms with E-state index >= 15 is 0 Å². The summed E-state index contributed by atoms with van der Waals surface area (Å²) in [6.45, 7) is -3.20. The Bertz CT molecular complexity index is 498. The van der Waals surface area contributed by atoms with E-state index in [-0.39, 0.29) is 29.0 Å². The zero-order valence-electron chi connectivity index (χ0n) is 9.19. The topological polar surface area (TPSA) is 96.3 Å². The van der Waals surface area contributed by atoms with Crippen LogP contribution >= 0.6 is 0 Å². The summed E-state index contributed by atoms with van der Waals surface area (Å²) < 4.78 is 28.8. The van der Waals surface area contributed by atoms with Crippen molar-refractivity contribution < 1.29 is 23.4 Å². The highest BCUT2D eigenvalue weighted by atomic mass is 19.3. The van der Waals surface area contributed by atoms with Crippen LogP contribution in [0, 0.1) is 11.3 Å². The highest BCUT2D eigenvalue weighted by Gasteiger charge is 2.18. The van der Waals surface area contributed by atoms with Gasteiger partial charge in [0, 0.05) is 12.1 Å². The number of nitrogens with two attached hydrogens (primary N) is 1. The Morgan fingerprint density at radius 1 is 1.50 bits per heavy atom. The number of alkyl halides is 2. The lowest BCUT2D eigenvalue weighted by atomic mass is 10.0. The summed E-state index contributed by atoms with van der Waals surface area (Å²) in [6.07, 6.45) is -0.451. The first-order valence-electron chi connectivity index (χ1n) is 4.91. The molecule has 0 heterocycles. The summed E-state index contributed by atoms with van der Waals surface area (Å²) in [5, 5.41) is 17.6. The predicted octanol–water partition coefficient (Wildman–Crippen LogP) is 1.25. The molecule has 0 unspecified atom stereocenters. The molecule has 1 aromatic rings. The maximum atomic E-state index is 12.3. The highest BCUT2D eigenvalue weighted by Crippen LogP contribution is 2.28. The van der Waals surface area contributed by atoms with E-state index in [4.69, 9.17) is 16.1 Å². The van der Waals surface area contributed by atoms with E-state index in [0.29, 0.717) is 0 Å². The van der Waals surface area contributed by atoms with Gasteiger partial charge in [0.15, 0.2) is 0 Å². The maximum absolute atomic E-state index is 12.3. The van der Waals surface area contributed by atoms with Gasteiger partial charge < -0.3 is 15.6 Å². The first kappa shape index (κ1) is 13.9. The molecule has 96 valence electrons. The van der Waals surface area contributed by atoms with Gasteiger partial charge in [0.25, 0.3) is 0 Å². The fourth-order valence-corrected chi connectivity index (χ4v) is 1.48. The molecule has 0 radical (unpaired) electrons. The molecule has 0 fully saturated rings. The van der Waals surface area contributed by atoms with E-state index < -0.39 is 19.0 Å². The monoisotopic (exact) mass is 256 g/mol. The molecule has 1 rings (SSSR count). The molecule has 3 N–H and O–H groups in total. The van der Waals surface area contributed by atoms with Crippen LogP contribution < -0.4 is 10.5 Å². The van der Waals surface area contributed by atoms with Gasteiger partial charge in [-0.25, -0.2) is 0 Å². The molecule has 18 heavy (non-hydrogen) atoms. The minimum absolute atomic E-state index is 0.0932. The molecule has 7 heteroatoms. The van der Waals surface area contributed by atoms with Crippen molar-refractivity contribution in [3.8, 4) is 11.8 Å². The van der Waals surface area contributed by atoms with E-state index in [1.54, 1.807) is 6.07 Å². The third-order valence-electron chi connectivity index (χ3n) is 2.21. The molecule has 0 aromatic heterocycles. The van der Waals surface area contributed by atoms with E-state index in [1.807, 2.05) is 0 Å². The standard InChI is InChI=1S/C11H10F2N2O3/c12-11(13)18-10-7(4-14)2-1-6(3-9(16)17)8(10)5-15/h1-2,11H,3-4,14H2,(H,16,17). The minimum Gasteiger partial charge on any atom is -0.481 e. The minimum atomic E-state index is -3.11. The van der Waals surface area contributed by atoms with Gasteiger partial charge in [-0.2, -0.15) is 14.0 Å². The number of benzene rings is 1. The molecule has 0 bridgehead atoms. The van der Waals surface area contributed by atoms with Gasteiger partial charge in [0.05, 0.1) is 12.0 Å². The molecule has 0 aliphatic carbocycles. The van der Waals surface area contributed by atoms with Crippen LogP contribution in [0.3, 0.4) is 0 Å². The van der Waals surface area contributed by atoms with E-state index in [1.165, 1.54) is 12.1 Å². The van der Waals surface area contributed by atoms with Gasteiger partial charge in [0.1, 0.15) is 11.8 Å². The zero-order chi connectivity index (χ0) is 13.7. The number of hydrogen-bond donors (Lipinski definition) is 2. The molecule has 0 aliphatic rings. The molecule has 0 saturated carbocycles. The van der Waals surface area contributed by atoms with Crippen LogP contribution in [0.1, 0.15) is 16.7 Å². The largest absolute Gasteiger partial charge is 0.481 e. The average Bonchev–Trinajstić information content (AvgIpc) is 2.28.